The first-order chi connectivity index (χ1) is 6.24. The van der Waals surface area contributed by atoms with E-state index in [-0.39, 0.29) is 0 Å². The molecular formula is C11H12BrCl. The second-order valence-electron chi connectivity index (χ2n) is 2.90. The second-order valence-corrected chi connectivity index (χ2v) is 4.11. The van der Waals surface area contributed by atoms with Crippen LogP contribution in [0.2, 0.25) is 5.02 Å². The van der Waals surface area contributed by atoms with Crippen molar-refractivity contribution in [3.8, 4) is 0 Å². The van der Waals surface area contributed by atoms with E-state index in [4.69, 9.17) is 11.6 Å². The highest BCUT2D eigenvalue weighted by Gasteiger charge is 1.95. The van der Waals surface area contributed by atoms with Crippen LogP contribution in [0.15, 0.2) is 24.3 Å². The van der Waals surface area contributed by atoms with E-state index in [1.165, 1.54) is 5.56 Å². The Bertz CT molecular complexity index is 305. The summed E-state index contributed by atoms with van der Waals surface area (Å²) in [6.45, 7) is 2.04. The monoisotopic (exact) mass is 258 g/mol. The Morgan fingerprint density at radius 3 is 2.85 bits per heavy atom. The molecule has 0 N–H and O–H groups in total. The highest BCUT2D eigenvalue weighted by Crippen LogP contribution is 2.18. The molecule has 0 aromatic heterocycles. The molecule has 0 aliphatic rings. The Morgan fingerprint density at radius 1 is 1.46 bits per heavy atom. The molecule has 0 nitrogen and oxygen atoms in total. The molecule has 0 radical (unpaired) electrons. The summed E-state index contributed by atoms with van der Waals surface area (Å²) in [6, 6.07) is 6.09. The largest absolute Gasteiger partial charge is 0.0925 e. The molecule has 0 bridgehead atoms. The minimum absolute atomic E-state index is 0.825. The normalized spacial score (nSPS) is 11.0. The van der Waals surface area contributed by atoms with E-state index in [9.17, 15) is 0 Å². The van der Waals surface area contributed by atoms with E-state index < -0.39 is 0 Å². The SMILES string of the molecule is Cc1ccc(C=CCCBr)c(Cl)c1. The summed E-state index contributed by atoms with van der Waals surface area (Å²) in [7, 11) is 0. The minimum atomic E-state index is 0.825. The van der Waals surface area contributed by atoms with Gasteiger partial charge in [0.15, 0.2) is 0 Å². The van der Waals surface area contributed by atoms with E-state index in [2.05, 4.69) is 34.1 Å². The van der Waals surface area contributed by atoms with Crippen LogP contribution in [0.3, 0.4) is 0 Å². The quantitative estimate of drug-likeness (QED) is 0.704. The number of rotatable bonds is 3. The molecule has 0 aliphatic carbocycles. The van der Waals surface area contributed by atoms with E-state index in [0.29, 0.717) is 0 Å². The smallest absolute Gasteiger partial charge is 0.0480 e. The topological polar surface area (TPSA) is 0 Å². The first kappa shape index (κ1) is 10.8. The van der Waals surface area contributed by atoms with Gasteiger partial charge >= 0.3 is 0 Å². The van der Waals surface area contributed by atoms with Crippen LogP contribution in [-0.4, -0.2) is 5.33 Å². The Morgan fingerprint density at radius 2 is 2.23 bits per heavy atom. The molecule has 13 heavy (non-hydrogen) atoms. The zero-order valence-electron chi connectivity index (χ0n) is 7.56. The molecule has 0 fully saturated rings. The second kappa shape index (κ2) is 5.46. The Balaban J connectivity index is 2.77. The zero-order chi connectivity index (χ0) is 9.68. The molecule has 0 saturated carbocycles. The van der Waals surface area contributed by atoms with Crippen molar-refractivity contribution >= 4 is 33.6 Å². The van der Waals surface area contributed by atoms with Gasteiger partial charge in [0.05, 0.1) is 0 Å². The molecule has 1 aromatic carbocycles. The van der Waals surface area contributed by atoms with Crippen molar-refractivity contribution < 1.29 is 0 Å². The van der Waals surface area contributed by atoms with Crippen LogP contribution in [0.5, 0.6) is 0 Å². The summed E-state index contributed by atoms with van der Waals surface area (Å²) in [5, 5.41) is 1.82. The van der Waals surface area contributed by atoms with Gasteiger partial charge in [-0.05, 0) is 30.5 Å². The van der Waals surface area contributed by atoms with Gasteiger partial charge in [0.2, 0.25) is 0 Å². The number of benzene rings is 1. The molecule has 0 unspecified atom stereocenters. The van der Waals surface area contributed by atoms with Crippen LogP contribution in [0, 0.1) is 6.92 Å². The fraction of sp³-hybridized carbons (Fsp3) is 0.273. The molecule has 0 atom stereocenters. The Kier molecular flexibility index (Phi) is 4.54. The third-order valence-corrected chi connectivity index (χ3v) is 2.51. The van der Waals surface area contributed by atoms with Gasteiger partial charge in [0, 0.05) is 10.4 Å². The van der Waals surface area contributed by atoms with Gasteiger partial charge in [-0.25, -0.2) is 0 Å². The number of aryl methyl sites for hydroxylation is 1. The van der Waals surface area contributed by atoms with Crippen molar-refractivity contribution in [2.24, 2.45) is 0 Å². The van der Waals surface area contributed by atoms with Crippen molar-refractivity contribution in [1.82, 2.24) is 0 Å². The van der Waals surface area contributed by atoms with Crippen LogP contribution in [-0.2, 0) is 0 Å². The first-order valence-corrected chi connectivity index (χ1v) is 5.72. The highest BCUT2D eigenvalue weighted by atomic mass is 79.9. The summed E-state index contributed by atoms with van der Waals surface area (Å²) in [6.07, 6.45) is 5.21. The Labute approximate surface area is 92.7 Å². The van der Waals surface area contributed by atoms with Gasteiger partial charge in [-0.1, -0.05) is 51.8 Å². The number of hydrogen-bond donors (Lipinski definition) is 0. The van der Waals surface area contributed by atoms with Gasteiger partial charge in [-0.3, -0.25) is 0 Å². The van der Waals surface area contributed by atoms with Crippen molar-refractivity contribution in [1.29, 1.82) is 0 Å². The fourth-order valence-corrected chi connectivity index (χ4v) is 1.60. The molecule has 2 heteroatoms. The number of alkyl halides is 1. The van der Waals surface area contributed by atoms with Crippen molar-refractivity contribution in [3.05, 3.63) is 40.4 Å². The molecule has 1 rings (SSSR count). The summed E-state index contributed by atoms with van der Waals surface area (Å²) >= 11 is 9.41. The molecule has 70 valence electrons. The van der Waals surface area contributed by atoms with Crippen molar-refractivity contribution in [2.45, 2.75) is 13.3 Å². The lowest BCUT2D eigenvalue weighted by molar-refractivity contribution is 1.27. The number of hydrogen-bond acceptors (Lipinski definition) is 0. The predicted molar refractivity (Wildman–Crippen MR) is 63.6 cm³/mol. The number of halogens is 2. The minimum Gasteiger partial charge on any atom is -0.0925 e. The van der Waals surface area contributed by atoms with Gasteiger partial charge < -0.3 is 0 Å². The first-order valence-electron chi connectivity index (χ1n) is 4.22. The molecule has 0 saturated heterocycles. The van der Waals surface area contributed by atoms with Gasteiger partial charge in [0.25, 0.3) is 0 Å². The summed E-state index contributed by atoms with van der Waals surface area (Å²) in [4.78, 5) is 0. The summed E-state index contributed by atoms with van der Waals surface area (Å²) < 4.78 is 0. The molecule has 0 aliphatic heterocycles. The molecular weight excluding hydrogens is 247 g/mol. The fourth-order valence-electron chi connectivity index (χ4n) is 1.04. The van der Waals surface area contributed by atoms with Gasteiger partial charge in [0.1, 0.15) is 0 Å². The van der Waals surface area contributed by atoms with Crippen LogP contribution < -0.4 is 0 Å². The predicted octanol–water partition coefficient (Wildman–Crippen LogP) is 4.45. The van der Waals surface area contributed by atoms with E-state index >= 15 is 0 Å². The maximum absolute atomic E-state index is 6.05. The average Bonchev–Trinajstić information content (AvgIpc) is 2.09. The third-order valence-electron chi connectivity index (χ3n) is 1.73. The molecule has 0 amide bonds. The van der Waals surface area contributed by atoms with Crippen LogP contribution in [0.25, 0.3) is 6.08 Å². The van der Waals surface area contributed by atoms with Gasteiger partial charge in [-0.2, -0.15) is 0 Å². The Hall–Kier alpha value is -0.270. The summed E-state index contributed by atoms with van der Waals surface area (Å²) in [5.74, 6) is 0. The van der Waals surface area contributed by atoms with Crippen molar-refractivity contribution in [3.63, 3.8) is 0 Å². The lowest BCUT2D eigenvalue weighted by atomic mass is 10.1. The summed E-state index contributed by atoms with van der Waals surface area (Å²) in [5.41, 5.74) is 2.29. The van der Waals surface area contributed by atoms with E-state index in [1.807, 2.05) is 19.1 Å². The lowest BCUT2D eigenvalue weighted by Crippen LogP contribution is -1.77. The zero-order valence-corrected chi connectivity index (χ0v) is 9.90. The standard InChI is InChI=1S/C11H12BrCl/c1-9-5-6-10(11(13)8-9)4-2-3-7-12/h2,4-6,8H,3,7H2,1H3. The van der Waals surface area contributed by atoms with Crippen molar-refractivity contribution in [2.75, 3.05) is 5.33 Å². The highest BCUT2D eigenvalue weighted by molar-refractivity contribution is 9.09. The maximum atomic E-state index is 6.05. The maximum Gasteiger partial charge on any atom is 0.0480 e. The van der Waals surface area contributed by atoms with Crippen LogP contribution in [0.4, 0.5) is 0 Å². The van der Waals surface area contributed by atoms with E-state index in [1.54, 1.807) is 0 Å². The van der Waals surface area contributed by atoms with Crippen LogP contribution >= 0.6 is 27.5 Å². The van der Waals surface area contributed by atoms with Crippen LogP contribution in [0.1, 0.15) is 17.5 Å². The number of allylic oxidation sites excluding steroid dienone is 1. The van der Waals surface area contributed by atoms with Gasteiger partial charge in [-0.15, -0.1) is 0 Å². The average molecular weight is 260 g/mol. The molecule has 0 heterocycles. The van der Waals surface area contributed by atoms with E-state index in [0.717, 1.165) is 22.3 Å². The lowest BCUT2D eigenvalue weighted by Gasteiger charge is -1.98. The molecule has 0 spiro atoms. The molecule has 1 aromatic rings. The third kappa shape index (κ3) is 3.53.